The molecular weight excluding hydrogens is 1640 g/mol. The third-order valence-electron chi connectivity index (χ3n) is 25.2. The number of likely N-dealkylation sites (N-methyl/N-ethyl adjacent to an activating group) is 2. The van der Waals surface area contributed by atoms with Crippen LogP contribution in [0.15, 0.2) is 60.9 Å². The van der Waals surface area contributed by atoms with Gasteiger partial charge in [0.2, 0.25) is 0 Å². The molecule has 123 heavy (non-hydrogen) atoms. The molecule has 37 heteroatoms. The number of esters is 2. The molecule has 6 saturated heterocycles. The number of amides is 2. The number of alkyl halides is 1. The number of aryl methyl sites for hydroxylation is 2. The zero-order chi connectivity index (χ0) is 91.7. The van der Waals surface area contributed by atoms with Crippen molar-refractivity contribution in [2.24, 2.45) is 29.6 Å². The number of rotatable bonds is 22. The van der Waals surface area contributed by atoms with Crippen molar-refractivity contribution in [2.75, 3.05) is 79.5 Å². The maximum atomic E-state index is 16.8. The van der Waals surface area contributed by atoms with E-state index in [1.807, 2.05) is 101 Å². The van der Waals surface area contributed by atoms with Gasteiger partial charge in [-0.1, -0.05) is 76.2 Å². The lowest BCUT2D eigenvalue weighted by Gasteiger charge is -2.47. The number of unbranched alkanes of at least 4 members (excludes halogenated alkanes) is 2. The molecule has 4 aromatic rings. The fourth-order valence-electron chi connectivity index (χ4n) is 17.8. The number of carbonyl (C=O) groups excluding carboxylic acids is 8. The van der Waals surface area contributed by atoms with E-state index in [1.165, 1.54) is 45.5 Å². The van der Waals surface area contributed by atoms with Crippen LogP contribution in [0.4, 0.5) is 33.1 Å². The first-order valence-electron chi connectivity index (χ1n) is 42.3. The summed E-state index contributed by atoms with van der Waals surface area (Å²) in [7, 11) is 10.3. The number of nitrogen functional groups attached to an aromatic ring is 2. The Morgan fingerprint density at radius 3 is 1.32 bits per heavy atom. The van der Waals surface area contributed by atoms with Crippen LogP contribution in [-0.2, 0) is 89.2 Å². The van der Waals surface area contributed by atoms with E-state index in [0.717, 1.165) is 18.1 Å². The van der Waals surface area contributed by atoms with Gasteiger partial charge in [0, 0.05) is 148 Å². The Labute approximate surface area is 730 Å². The summed E-state index contributed by atoms with van der Waals surface area (Å²) in [4.78, 5) is 119. The Balaban J connectivity index is 0.000000318. The number of aromatic nitrogens is 6. The molecule has 2 aromatic carbocycles. The number of hydrogen-bond donors (Lipinski definition) is 4. The van der Waals surface area contributed by atoms with Crippen LogP contribution < -0.4 is 11.5 Å². The Morgan fingerprint density at radius 2 is 0.951 bits per heavy atom. The number of ether oxygens (including phenoxy) is 10. The molecule has 8 heterocycles. The van der Waals surface area contributed by atoms with Gasteiger partial charge >= 0.3 is 24.1 Å². The summed E-state index contributed by atoms with van der Waals surface area (Å²) in [5.41, 5.74) is 7.31. The van der Waals surface area contributed by atoms with Crippen molar-refractivity contribution in [1.29, 1.82) is 0 Å². The Hall–Kier alpha value is -7.43. The van der Waals surface area contributed by atoms with Crippen LogP contribution in [0.25, 0.3) is 22.5 Å². The van der Waals surface area contributed by atoms with Crippen molar-refractivity contribution in [1.82, 2.24) is 49.6 Å². The first-order chi connectivity index (χ1) is 57.8. The lowest BCUT2D eigenvalue weighted by molar-refractivity contribution is -0.295. The molecule has 2 aromatic heterocycles. The van der Waals surface area contributed by atoms with Gasteiger partial charge in [0.15, 0.2) is 35.3 Å². The highest BCUT2D eigenvalue weighted by molar-refractivity contribution is 7.93. The number of cyclic esters (lactones) is 2. The zero-order valence-corrected chi connectivity index (χ0v) is 77.0. The molecule has 0 aliphatic carbocycles. The van der Waals surface area contributed by atoms with Gasteiger partial charge in [0.1, 0.15) is 53.3 Å². The van der Waals surface area contributed by atoms with Crippen LogP contribution in [0.1, 0.15) is 174 Å². The van der Waals surface area contributed by atoms with Crippen molar-refractivity contribution < 1.29 is 108 Å². The average molecular weight is 1780 g/mol. The molecule has 6 fully saturated rings. The second kappa shape index (κ2) is 44.8. The molecule has 0 bridgehead atoms. The molecule has 32 nitrogen and oxygen atoms in total. The van der Waals surface area contributed by atoms with E-state index >= 15 is 4.39 Å². The van der Waals surface area contributed by atoms with E-state index in [0.29, 0.717) is 74.4 Å². The Bertz CT molecular complexity index is 4170. The van der Waals surface area contributed by atoms with Crippen molar-refractivity contribution in [3.8, 4) is 22.5 Å². The van der Waals surface area contributed by atoms with Crippen LogP contribution in [0.3, 0.4) is 0 Å². The van der Waals surface area contributed by atoms with E-state index in [-0.39, 0.29) is 112 Å². The SMILES string of the molecule is CC[C@H]1OC(=O)[C@@](C)(F)C(=O)[C@H](C)[C@@H](O[C@@H]2OC(C)CC(N(C)C)C2O)[C@](C)(OC)C[C@@H](C)C(=O)C[C@H]2N(CCCCn3cc(-c4cccc(N)c4)nn3)C(=O)O[C@]12C.CC[C@H]1OC(=O)[C@H](C)C(=O)[C@H](C)[C@@H](O[C@@H]2OC(C)CC(N(C)C)C2O)[C@](C)(OC)C[C@@H](C)C(=O)C[C@H]2N(CCCCn3cc(-c4cccc(N)c4)nn3)C(=O)O[C@]12C.CSF.CSF. The van der Waals surface area contributed by atoms with Gasteiger partial charge in [0.25, 0.3) is 5.67 Å². The average Bonchev–Trinajstić information content (AvgIpc) is 1.68. The molecule has 6 unspecified atom stereocenters. The van der Waals surface area contributed by atoms with E-state index < -0.39 is 155 Å². The number of halogens is 3. The predicted molar refractivity (Wildman–Crippen MR) is 458 cm³/mol. The number of nitrogens with two attached hydrogens (primary N) is 2. The first-order valence-corrected chi connectivity index (χ1v) is 44.5. The number of methoxy groups -OCH3 is 2. The maximum Gasteiger partial charge on any atom is 0.410 e. The standard InChI is InChI=1S/C42H63FN6O10.C42H64N6O10.2CH3FS/c1-11-33-42(7)32(49(39(54)59-42)18-13-12-17-48-23-29(45-46-48)27-15-14-16-28(44)20-27)21-31(50)24(2)22-40(5,55-10)36(26(4)35(52)41(6,43)38(53)57-33)58-37-34(51)30(47(8)9)19-25(3)56-37;1-11-34-42(7)33(48(40(53)58-42)18-13-12-17-47-23-30(44-45-47)28-15-14-16-29(43)20-28)21-32(49)24(2)22-41(6,54-10)37(26(4)35(50)27(5)38(52)56-34)57-39-36(51)31(46(8)9)19-25(3)55-39;2*1-3-2/h14-16,20,23-26,30,32-34,36-37,51H,11-13,17-19,21-22,44H2,1-10H3;14-16,20,23-27,31,33-34,36-37,39,51H,11-13,17-19,21-22,43H2,1-10H3;2*1H3/t24-,25?,26+,30?,32-,33-,34?,36-,37+,40-,41+,42+;24-,25?,26+,27-,31?,33-,34-,36?,37-,39+,41-,42+;;/m11../s1. The molecular formula is C86H133F3N12O20S2. The topological polar surface area (TPSA) is 396 Å². The van der Waals surface area contributed by atoms with Gasteiger partial charge in [-0.2, -0.15) is 7.77 Å². The molecule has 690 valence electrons. The van der Waals surface area contributed by atoms with E-state index in [2.05, 4.69) is 20.6 Å². The largest absolute Gasteiger partial charge is 0.458 e. The smallest absolute Gasteiger partial charge is 0.410 e. The molecule has 2 amide bonds. The number of fused-ring (bicyclic) bond motifs is 2. The number of ketones is 4. The second-order valence-electron chi connectivity index (χ2n) is 34.8. The minimum Gasteiger partial charge on any atom is -0.458 e. The van der Waals surface area contributed by atoms with Gasteiger partial charge in [-0.3, -0.25) is 33.3 Å². The minimum absolute atomic E-state index is 0.00153. The summed E-state index contributed by atoms with van der Waals surface area (Å²) < 4.78 is 102. The van der Waals surface area contributed by atoms with Crippen molar-refractivity contribution >= 4 is 82.9 Å². The second-order valence-corrected chi connectivity index (χ2v) is 35.4. The van der Waals surface area contributed by atoms with Crippen molar-refractivity contribution in [3.63, 3.8) is 0 Å². The molecule has 24 atom stereocenters. The number of carbonyl (C=O) groups is 8. The highest BCUT2D eigenvalue weighted by Crippen LogP contribution is 2.46. The number of aliphatic hydroxyl groups excluding tert-OH is 2. The van der Waals surface area contributed by atoms with E-state index in [1.54, 1.807) is 88.7 Å². The number of anilines is 2. The van der Waals surface area contributed by atoms with Gasteiger partial charge in [0.05, 0.1) is 60.1 Å². The summed E-state index contributed by atoms with van der Waals surface area (Å²) in [5.74, 6) is -9.18. The predicted octanol–water partition coefficient (Wildman–Crippen LogP) is 11.1. The molecule has 10 rings (SSSR count). The third kappa shape index (κ3) is 24.7. The number of nitrogens with zero attached hydrogens (tertiary/aromatic N) is 10. The van der Waals surface area contributed by atoms with E-state index in [4.69, 9.17) is 58.8 Å². The third-order valence-corrected chi connectivity index (χ3v) is 25.2. The van der Waals surface area contributed by atoms with Crippen molar-refractivity contribution in [2.45, 2.75) is 301 Å². The maximum absolute atomic E-state index is 16.8. The highest BCUT2D eigenvalue weighted by Gasteiger charge is 2.62. The fourth-order valence-corrected chi connectivity index (χ4v) is 17.8. The highest BCUT2D eigenvalue weighted by atomic mass is 32.2. The quantitative estimate of drug-likeness (QED) is 0.0187. The molecule has 0 spiro atoms. The van der Waals surface area contributed by atoms with Crippen LogP contribution in [-0.4, -0.2) is 289 Å². The van der Waals surface area contributed by atoms with Gasteiger partial charge in [-0.15, -0.1) is 10.2 Å². The number of benzene rings is 2. The summed E-state index contributed by atoms with van der Waals surface area (Å²) in [6.07, 6.45) is -1.05. The van der Waals surface area contributed by atoms with Crippen LogP contribution in [0.5, 0.6) is 0 Å². The zero-order valence-electron chi connectivity index (χ0n) is 75.4. The summed E-state index contributed by atoms with van der Waals surface area (Å²) in [6.45, 7) is 24.3. The van der Waals surface area contributed by atoms with Gasteiger partial charge < -0.3 is 88.6 Å². The number of Topliss-reactive ketones (excluding diaryl/α,β-unsaturated/α-hetero) is 4. The summed E-state index contributed by atoms with van der Waals surface area (Å²) >= 11 is 0.500. The molecule has 0 saturated carbocycles. The first kappa shape index (κ1) is 103. The monoisotopic (exact) mass is 1770 g/mol. The van der Waals surface area contributed by atoms with Gasteiger partial charge in [-0.25, -0.2) is 18.8 Å². The Kier molecular flexibility index (Phi) is 37.4. The lowest BCUT2D eigenvalue weighted by atomic mass is 9.75. The Morgan fingerprint density at radius 1 is 0.577 bits per heavy atom. The number of aliphatic hydroxyl groups is 2. The molecule has 0 radical (unpaired) electrons. The number of hydrogen-bond acceptors (Lipinski definition) is 30. The van der Waals surface area contributed by atoms with Crippen LogP contribution in [0.2, 0.25) is 0 Å². The minimum atomic E-state index is -3.18. The molecule has 6 aliphatic rings. The van der Waals surface area contributed by atoms with Gasteiger partial charge in [-0.05, 0) is 172 Å². The normalized spacial score (nSPS) is 34.4. The molecule has 6 N–H and O–H groups in total. The fraction of sp³-hybridized carbons (Fsp3) is 0.721. The van der Waals surface area contributed by atoms with Crippen LogP contribution >= 0.6 is 24.3 Å². The van der Waals surface area contributed by atoms with Crippen molar-refractivity contribution in [3.05, 3.63) is 60.9 Å². The van der Waals surface area contributed by atoms with Crippen LogP contribution in [0, 0.1) is 29.6 Å². The van der Waals surface area contributed by atoms with E-state index in [9.17, 15) is 56.3 Å². The lowest BCUT2D eigenvalue weighted by Crippen LogP contribution is -2.61. The summed E-state index contributed by atoms with van der Waals surface area (Å²) in [5, 5.41) is 39.8. The molecule has 6 aliphatic heterocycles. The summed E-state index contributed by atoms with van der Waals surface area (Å²) in [6, 6.07) is 12.4.